The van der Waals surface area contributed by atoms with Gasteiger partial charge in [0.2, 0.25) is 0 Å². The number of aromatic nitrogens is 1. The molecule has 7 heteroatoms. The number of anilines is 1. The summed E-state index contributed by atoms with van der Waals surface area (Å²) in [6.07, 6.45) is 1.36. The van der Waals surface area contributed by atoms with Crippen molar-refractivity contribution in [2.75, 3.05) is 5.32 Å². The van der Waals surface area contributed by atoms with Gasteiger partial charge in [-0.3, -0.25) is 5.32 Å². The lowest BCUT2D eigenvalue weighted by molar-refractivity contribution is 0.250. The van der Waals surface area contributed by atoms with Gasteiger partial charge in [-0.2, -0.15) is 5.26 Å². The zero-order valence-electron chi connectivity index (χ0n) is 13.3. The van der Waals surface area contributed by atoms with Crippen molar-refractivity contribution in [3.63, 3.8) is 0 Å². The van der Waals surface area contributed by atoms with Crippen LogP contribution in [-0.4, -0.2) is 17.1 Å². The Kier molecular flexibility index (Phi) is 3.42. The third kappa shape index (κ3) is 2.41. The molecule has 2 N–H and O–H groups in total. The zero-order valence-corrected chi connectivity index (χ0v) is 13.3. The van der Waals surface area contributed by atoms with E-state index < -0.39 is 11.8 Å². The number of rotatable bonds is 2. The van der Waals surface area contributed by atoms with E-state index in [1.165, 1.54) is 12.3 Å². The summed E-state index contributed by atoms with van der Waals surface area (Å²) in [7, 11) is 0. The van der Waals surface area contributed by atoms with Gasteiger partial charge in [0.05, 0.1) is 5.56 Å². The molecule has 126 valence electrons. The minimum Gasteiger partial charge on any atom is -0.334 e. The van der Waals surface area contributed by atoms with Crippen molar-refractivity contribution in [2.24, 2.45) is 5.92 Å². The summed E-state index contributed by atoms with van der Waals surface area (Å²) in [5.74, 6) is -0.834. The number of nitrogens with one attached hydrogen (secondary N) is 2. The molecule has 25 heavy (non-hydrogen) atoms. The van der Waals surface area contributed by atoms with Gasteiger partial charge in [-0.05, 0) is 47.2 Å². The first kappa shape index (κ1) is 15.5. The molecule has 4 atom stereocenters. The Hall–Kier alpha value is -3.01. The summed E-state index contributed by atoms with van der Waals surface area (Å²) >= 11 is 0. The molecule has 1 fully saturated rings. The van der Waals surface area contributed by atoms with Crippen molar-refractivity contribution in [1.29, 1.82) is 5.26 Å². The van der Waals surface area contributed by atoms with Crippen LogP contribution in [0.5, 0.6) is 0 Å². The first-order valence-corrected chi connectivity index (χ1v) is 7.92. The van der Waals surface area contributed by atoms with Crippen LogP contribution >= 0.6 is 0 Å². The summed E-state index contributed by atoms with van der Waals surface area (Å²) in [5.41, 5.74) is 1.21. The molecular weight excluding hydrogens is 326 g/mol. The molecule has 0 radical (unpaired) electrons. The van der Waals surface area contributed by atoms with Crippen LogP contribution in [0, 0.1) is 28.9 Å². The summed E-state index contributed by atoms with van der Waals surface area (Å²) < 4.78 is 28.1. The number of carbonyl (C=O) groups excluding carboxylic acids is 1. The molecular formula is C18H14F2N4O. The molecule has 0 unspecified atom stereocenters. The van der Waals surface area contributed by atoms with E-state index in [4.69, 9.17) is 5.26 Å². The Morgan fingerprint density at radius 1 is 1.20 bits per heavy atom. The average molecular weight is 340 g/mol. The zero-order chi connectivity index (χ0) is 17.7. The number of hydrogen-bond donors (Lipinski definition) is 2. The number of benzene rings is 1. The second-order valence-corrected chi connectivity index (χ2v) is 6.42. The van der Waals surface area contributed by atoms with Gasteiger partial charge < -0.3 is 5.32 Å². The molecule has 1 heterocycles. The van der Waals surface area contributed by atoms with E-state index in [0.29, 0.717) is 22.5 Å². The largest absolute Gasteiger partial charge is 0.334 e. The second kappa shape index (κ2) is 5.52. The Balaban J connectivity index is 1.46. The van der Waals surface area contributed by atoms with Crippen LogP contribution in [0.3, 0.4) is 0 Å². The number of hydrogen-bond acceptors (Lipinski definition) is 3. The molecule has 5 nitrogen and oxygen atoms in total. The van der Waals surface area contributed by atoms with Gasteiger partial charge >= 0.3 is 6.03 Å². The maximum absolute atomic E-state index is 14.1. The maximum atomic E-state index is 14.1. The van der Waals surface area contributed by atoms with E-state index in [0.717, 1.165) is 12.1 Å². The third-order valence-electron chi connectivity index (χ3n) is 5.05. The van der Waals surface area contributed by atoms with Crippen LogP contribution < -0.4 is 10.6 Å². The molecule has 2 aromatic rings. The van der Waals surface area contributed by atoms with Gasteiger partial charge in [0.15, 0.2) is 0 Å². The minimum absolute atomic E-state index is 0.000995. The first-order chi connectivity index (χ1) is 12.0. The molecule has 0 saturated heterocycles. The fraction of sp³-hybridized carbons (Fsp3) is 0.278. The number of carbonyl (C=O) groups is 1. The fourth-order valence-electron chi connectivity index (χ4n) is 3.93. The highest BCUT2D eigenvalue weighted by Crippen LogP contribution is 2.63. The number of halogens is 2. The van der Waals surface area contributed by atoms with Crippen LogP contribution in [0.15, 0.2) is 30.5 Å². The summed E-state index contributed by atoms with van der Waals surface area (Å²) in [6, 6.07) is 6.63. The van der Waals surface area contributed by atoms with E-state index in [1.807, 2.05) is 13.0 Å². The van der Waals surface area contributed by atoms with E-state index in [2.05, 4.69) is 15.6 Å². The van der Waals surface area contributed by atoms with Crippen molar-refractivity contribution < 1.29 is 13.6 Å². The predicted octanol–water partition coefficient (Wildman–Crippen LogP) is 3.25. The number of fused-ring (bicyclic) bond motifs is 3. The first-order valence-electron chi connectivity index (χ1n) is 7.92. The maximum Gasteiger partial charge on any atom is 0.320 e. The molecule has 0 bridgehead atoms. The number of urea groups is 1. The lowest BCUT2D eigenvalue weighted by atomic mass is 9.95. The van der Waals surface area contributed by atoms with Gasteiger partial charge in [-0.1, -0.05) is 6.92 Å². The Morgan fingerprint density at radius 2 is 1.92 bits per heavy atom. The van der Waals surface area contributed by atoms with E-state index in [-0.39, 0.29) is 29.6 Å². The van der Waals surface area contributed by atoms with Crippen molar-refractivity contribution in [3.8, 4) is 6.07 Å². The van der Waals surface area contributed by atoms with Gasteiger partial charge in [0.1, 0.15) is 23.5 Å². The SMILES string of the molecule is C[C@H]1c2c(F)ccc(F)c2[C@@H]2[C@H](NC(=O)Nc3ccc(C#N)cn3)[C@H]21. The van der Waals surface area contributed by atoms with Crippen molar-refractivity contribution in [1.82, 2.24) is 10.3 Å². The third-order valence-corrected chi connectivity index (χ3v) is 5.05. The van der Waals surface area contributed by atoms with Crippen LogP contribution in [0.2, 0.25) is 0 Å². The number of pyridine rings is 1. The van der Waals surface area contributed by atoms with Crippen molar-refractivity contribution in [2.45, 2.75) is 24.8 Å². The number of nitriles is 1. The Morgan fingerprint density at radius 3 is 2.56 bits per heavy atom. The lowest BCUT2D eigenvalue weighted by Gasteiger charge is -2.16. The van der Waals surface area contributed by atoms with Crippen molar-refractivity contribution >= 4 is 11.8 Å². The monoisotopic (exact) mass is 340 g/mol. The molecule has 2 amide bonds. The molecule has 1 saturated carbocycles. The molecule has 0 spiro atoms. The van der Waals surface area contributed by atoms with Gasteiger partial charge in [-0.15, -0.1) is 0 Å². The van der Waals surface area contributed by atoms with E-state index in [1.54, 1.807) is 6.07 Å². The van der Waals surface area contributed by atoms with Crippen LogP contribution in [0.25, 0.3) is 0 Å². The summed E-state index contributed by atoms with van der Waals surface area (Å²) in [6.45, 7) is 1.85. The topological polar surface area (TPSA) is 77.8 Å². The molecule has 1 aromatic carbocycles. The van der Waals surface area contributed by atoms with Crippen molar-refractivity contribution in [3.05, 3.63) is 58.8 Å². The van der Waals surface area contributed by atoms with E-state index >= 15 is 0 Å². The highest BCUT2D eigenvalue weighted by molar-refractivity contribution is 5.89. The number of amides is 2. The summed E-state index contributed by atoms with van der Waals surface area (Å²) in [5, 5.41) is 14.1. The molecule has 1 aromatic heterocycles. The molecule has 0 aliphatic heterocycles. The fourth-order valence-corrected chi connectivity index (χ4v) is 3.93. The standard InChI is InChI=1S/C18H14F2N4O/c1-8-13-10(19)3-4-11(20)15(13)16-14(8)17(16)24-18(25)23-12-5-2-9(6-21)7-22-12/h2-5,7-8,14,16-17H,1H3,(H2,22,23,24,25)/t8-,14-,16+,17+/m0/s1. The van der Waals surface area contributed by atoms with Crippen LogP contribution in [0.1, 0.15) is 35.4 Å². The Labute approximate surface area is 142 Å². The van der Waals surface area contributed by atoms with Crippen LogP contribution in [-0.2, 0) is 0 Å². The van der Waals surface area contributed by atoms with Gasteiger partial charge in [0, 0.05) is 18.2 Å². The highest BCUT2D eigenvalue weighted by atomic mass is 19.1. The van der Waals surface area contributed by atoms with Gasteiger partial charge in [-0.25, -0.2) is 18.6 Å². The lowest BCUT2D eigenvalue weighted by Crippen LogP contribution is -2.33. The smallest absolute Gasteiger partial charge is 0.320 e. The average Bonchev–Trinajstić information content (AvgIpc) is 3.19. The van der Waals surface area contributed by atoms with Gasteiger partial charge in [0.25, 0.3) is 0 Å². The molecule has 2 aliphatic rings. The molecule has 4 rings (SSSR count). The molecule has 2 aliphatic carbocycles. The Bertz CT molecular complexity index is 907. The quantitative estimate of drug-likeness (QED) is 0.881. The predicted molar refractivity (Wildman–Crippen MR) is 85.9 cm³/mol. The second-order valence-electron chi connectivity index (χ2n) is 6.42. The summed E-state index contributed by atoms with van der Waals surface area (Å²) in [4.78, 5) is 16.1. The normalized spacial score (nSPS) is 25.5. The minimum atomic E-state index is -0.456. The highest BCUT2D eigenvalue weighted by Gasteiger charge is 2.61. The van der Waals surface area contributed by atoms with E-state index in [9.17, 15) is 13.6 Å². The number of nitrogens with zero attached hydrogens (tertiary/aromatic N) is 2. The van der Waals surface area contributed by atoms with Crippen LogP contribution in [0.4, 0.5) is 19.4 Å².